The summed E-state index contributed by atoms with van der Waals surface area (Å²) in [6, 6.07) is 15.4. The number of benzene rings is 2. The van der Waals surface area contributed by atoms with Gasteiger partial charge in [-0.3, -0.25) is 4.79 Å². The van der Waals surface area contributed by atoms with Gasteiger partial charge in [-0.15, -0.1) is 0 Å². The van der Waals surface area contributed by atoms with E-state index >= 15 is 0 Å². The first-order chi connectivity index (χ1) is 15.9. The van der Waals surface area contributed by atoms with Crippen LogP contribution in [0, 0.1) is 0 Å². The lowest BCUT2D eigenvalue weighted by Crippen LogP contribution is -2.61. The van der Waals surface area contributed by atoms with Gasteiger partial charge in [0, 0.05) is 34.0 Å². The van der Waals surface area contributed by atoms with Crippen molar-refractivity contribution in [3.05, 3.63) is 74.3 Å². The minimum absolute atomic E-state index is 0.137. The number of halogens is 2. The van der Waals surface area contributed by atoms with Crippen LogP contribution in [0.3, 0.4) is 0 Å². The van der Waals surface area contributed by atoms with Crippen molar-refractivity contribution in [2.24, 2.45) is 0 Å². The van der Waals surface area contributed by atoms with Crippen LogP contribution in [-0.2, 0) is 10.0 Å². The number of carbonyl (C=O) groups excluding carboxylic acids is 1. The molecule has 178 valence electrons. The van der Waals surface area contributed by atoms with Crippen molar-refractivity contribution in [1.29, 1.82) is 0 Å². The first-order valence-corrected chi connectivity index (χ1v) is 14.2. The van der Waals surface area contributed by atoms with Gasteiger partial charge in [-0.2, -0.15) is 4.31 Å². The highest BCUT2D eigenvalue weighted by Gasteiger charge is 2.40. The summed E-state index contributed by atoms with van der Waals surface area (Å²) in [5, 5.41) is 0.751. The molecule has 0 radical (unpaired) electrons. The molecule has 0 atom stereocenters. The largest absolute Gasteiger partial charge is 0.331 e. The Morgan fingerprint density at radius 1 is 1.00 bits per heavy atom. The molecule has 0 bridgehead atoms. The van der Waals surface area contributed by atoms with Crippen LogP contribution in [0.15, 0.2) is 57.5 Å². The molecule has 34 heavy (non-hydrogen) atoms. The molecule has 9 heteroatoms. The Morgan fingerprint density at radius 3 is 2.32 bits per heavy atom. The van der Waals surface area contributed by atoms with Crippen molar-refractivity contribution in [3.8, 4) is 0 Å². The molecule has 2 heterocycles. The van der Waals surface area contributed by atoms with Gasteiger partial charge >= 0.3 is 0 Å². The summed E-state index contributed by atoms with van der Waals surface area (Å²) in [6.45, 7) is 4.64. The lowest BCUT2D eigenvalue weighted by molar-refractivity contribution is 0.0355. The lowest BCUT2D eigenvalue weighted by Gasteiger charge is -2.46. The van der Waals surface area contributed by atoms with E-state index in [9.17, 15) is 13.2 Å². The van der Waals surface area contributed by atoms with E-state index in [0.29, 0.717) is 17.8 Å². The molecule has 2 aromatic carbocycles. The van der Waals surface area contributed by atoms with E-state index in [1.807, 2.05) is 74.5 Å². The summed E-state index contributed by atoms with van der Waals surface area (Å²) in [4.78, 5) is 20.4. The third-order valence-electron chi connectivity index (χ3n) is 5.92. The summed E-state index contributed by atoms with van der Waals surface area (Å²) in [7, 11) is -3.33. The smallest absolute Gasteiger partial charge is 0.255 e. The predicted molar refractivity (Wildman–Crippen MR) is 144 cm³/mol. The molecule has 0 aliphatic carbocycles. The fourth-order valence-electron chi connectivity index (χ4n) is 4.15. The van der Waals surface area contributed by atoms with E-state index in [1.54, 1.807) is 4.90 Å². The van der Waals surface area contributed by atoms with E-state index < -0.39 is 15.6 Å². The first-order valence-electron chi connectivity index (χ1n) is 10.8. The second kappa shape index (κ2) is 9.53. The van der Waals surface area contributed by atoms with E-state index in [2.05, 4.69) is 31.9 Å². The van der Waals surface area contributed by atoms with Gasteiger partial charge in [0.1, 0.15) is 0 Å². The van der Waals surface area contributed by atoms with Gasteiger partial charge in [0.05, 0.1) is 28.6 Å². The number of fused-ring (bicyclic) bond motifs is 1. The molecule has 1 amide bonds. The van der Waals surface area contributed by atoms with Crippen LogP contribution in [0.1, 0.15) is 35.5 Å². The third-order valence-corrected chi connectivity index (χ3v) is 8.19. The first kappa shape index (κ1) is 25.0. The Kier molecular flexibility index (Phi) is 7.01. The molecule has 1 aromatic heterocycles. The Hall–Kier alpha value is -2.07. The highest BCUT2D eigenvalue weighted by molar-refractivity contribution is 9.10. The number of sulfonamides is 1. The lowest BCUT2D eigenvalue weighted by atomic mass is 9.97. The van der Waals surface area contributed by atoms with E-state index in [-0.39, 0.29) is 19.0 Å². The molecule has 4 rings (SSSR count). The van der Waals surface area contributed by atoms with Crippen LogP contribution in [0.5, 0.6) is 0 Å². The maximum atomic E-state index is 13.8. The van der Waals surface area contributed by atoms with Gasteiger partial charge in [-0.1, -0.05) is 50.1 Å². The van der Waals surface area contributed by atoms with Gasteiger partial charge in [0.15, 0.2) is 0 Å². The number of carbonyl (C=O) groups is 1. The molecular formula is C25H25Br2N3O3S. The van der Waals surface area contributed by atoms with E-state index in [0.717, 1.165) is 25.4 Å². The Bertz CT molecular complexity index is 1390. The van der Waals surface area contributed by atoms with Crippen LogP contribution < -0.4 is 0 Å². The van der Waals surface area contributed by atoms with Crippen LogP contribution in [0.2, 0.25) is 0 Å². The van der Waals surface area contributed by atoms with Gasteiger partial charge in [0.25, 0.3) is 5.91 Å². The summed E-state index contributed by atoms with van der Waals surface area (Å²) >= 11 is 6.95. The highest BCUT2D eigenvalue weighted by atomic mass is 79.9. The second-order valence-electron chi connectivity index (χ2n) is 9.01. The second-order valence-corrected chi connectivity index (χ2v) is 12.8. The zero-order valence-electron chi connectivity index (χ0n) is 19.1. The van der Waals surface area contributed by atoms with Crippen LogP contribution >= 0.6 is 31.9 Å². The third kappa shape index (κ3) is 5.43. The average molecular weight is 607 g/mol. The van der Waals surface area contributed by atoms with E-state index in [1.165, 1.54) is 10.6 Å². The van der Waals surface area contributed by atoms with Gasteiger partial charge in [-0.25, -0.2) is 13.4 Å². The number of pyridine rings is 1. The van der Waals surface area contributed by atoms with Crippen molar-refractivity contribution in [1.82, 2.24) is 14.2 Å². The minimum atomic E-state index is -3.33. The Morgan fingerprint density at radius 2 is 1.68 bits per heavy atom. The number of hydrogen-bond acceptors (Lipinski definition) is 4. The van der Waals surface area contributed by atoms with Crippen LogP contribution in [0.25, 0.3) is 23.1 Å². The van der Waals surface area contributed by atoms with Crippen LogP contribution in [0.4, 0.5) is 0 Å². The molecule has 1 aliphatic heterocycles. The van der Waals surface area contributed by atoms with Crippen LogP contribution in [-0.4, -0.2) is 59.9 Å². The summed E-state index contributed by atoms with van der Waals surface area (Å²) in [5.41, 5.74) is 2.30. The van der Waals surface area contributed by atoms with E-state index in [4.69, 9.17) is 4.98 Å². The molecule has 1 fully saturated rings. The molecule has 1 aliphatic rings. The monoisotopic (exact) mass is 605 g/mol. The van der Waals surface area contributed by atoms with Gasteiger partial charge in [0.2, 0.25) is 10.0 Å². The molecule has 3 aromatic rings. The van der Waals surface area contributed by atoms with Crippen molar-refractivity contribution in [2.45, 2.75) is 19.4 Å². The Labute approximate surface area is 217 Å². The average Bonchev–Trinajstić information content (AvgIpc) is 2.76. The maximum absolute atomic E-state index is 13.8. The number of nitrogens with zero attached hydrogens (tertiary/aromatic N) is 3. The Balaban J connectivity index is 1.74. The topological polar surface area (TPSA) is 70.6 Å². The number of aromatic nitrogens is 1. The molecule has 0 saturated carbocycles. The zero-order chi connectivity index (χ0) is 24.7. The highest BCUT2D eigenvalue weighted by Crippen LogP contribution is 2.29. The summed E-state index contributed by atoms with van der Waals surface area (Å²) in [5.74, 6) is -0.137. The number of rotatable bonds is 4. The minimum Gasteiger partial charge on any atom is -0.331 e. The quantitative estimate of drug-likeness (QED) is 0.397. The molecule has 6 nitrogen and oxygen atoms in total. The van der Waals surface area contributed by atoms with Crippen molar-refractivity contribution >= 4 is 70.8 Å². The zero-order valence-corrected chi connectivity index (χ0v) is 23.1. The fourth-order valence-corrected chi connectivity index (χ4v) is 5.74. The number of piperazine rings is 1. The SMILES string of the molecule is CC1(C)CN(S(C)(=O)=O)CCN1C(=O)c1cc(/C=C/c2ccc(Br)cc2)nc2ccc(Br)cc12. The number of amides is 1. The molecule has 0 spiro atoms. The molecular weight excluding hydrogens is 582 g/mol. The fraction of sp³-hybridized carbons (Fsp3) is 0.280. The van der Waals surface area contributed by atoms with Crippen molar-refractivity contribution in [3.63, 3.8) is 0 Å². The summed E-state index contributed by atoms with van der Waals surface area (Å²) in [6.07, 6.45) is 5.06. The maximum Gasteiger partial charge on any atom is 0.255 e. The molecule has 1 saturated heterocycles. The molecule has 0 unspecified atom stereocenters. The molecule has 0 N–H and O–H groups in total. The number of hydrogen-bond donors (Lipinski definition) is 0. The summed E-state index contributed by atoms with van der Waals surface area (Å²) < 4.78 is 27.5. The predicted octanol–water partition coefficient (Wildman–Crippen LogP) is 5.43. The van der Waals surface area contributed by atoms with Gasteiger partial charge < -0.3 is 4.90 Å². The van der Waals surface area contributed by atoms with Gasteiger partial charge in [-0.05, 0) is 61.9 Å². The normalized spacial score (nSPS) is 16.9. The standard InChI is InChI=1S/C25H25Br2N3O3S/c1-25(2)16-29(34(3,32)33)12-13-30(25)24(31)22-15-20(10-6-17-4-7-18(26)8-5-17)28-23-11-9-19(27)14-21(22)23/h4-11,14-15H,12-13,16H2,1-3H3/b10-6+. The van der Waals surface area contributed by atoms with Crippen molar-refractivity contribution in [2.75, 3.05) is 25.9 Å². The van der Waals surface area contributed by atoms with Crippen molar-refractivity contribution < 1.29 is 13.2 Å².